The van der Waals surface area contributed by atoms with Crippen molar-refractivity contribution in [3.05, 3.63) is 364 Å². The summed E-state index contributed by atoms with van der Waals surface area (Å²) in [4.78, 5) is 0. The molecule has 16 aromatic carbocycles. The third-order valence-corrected chi connectivity index (χ3v) is 22.3. The molecule has 6 heterocycles. The Kier molecular flexibility index (Phi) is 13.1. The molecule has 6 aromatic heterocycles. The van der Waals surface area contributed by atoms with Gasteiger partial charge in [0, 0.05) is 96.8 Å². The highest BCUT2D eigenvalue weighted by atomic mass is 32.1. The molecule has 0 spiro atoms. The molecular weight excluding hydrogens is 1260 g/mol. The Hall–Kier alpha value is -13.3. The molecule has 0 aliphatic carbocycles. The molecule has 0 saturated heterocycles. The van der Waals surface area contributed by atoms with Crippen molar-refractivity contribution < 1.29 is 4.42 Å². The summed E-state index contributed by atoms with van der Waals surface area (Å²) in [7, 11) is 0. The zero-order chi connectivity index (χ0) is 66.9. The highest BCUT2D eigenvalue weighted by Crippen LogP contribution is 2.45. The summed E-state index contributed by atoms with van der Waals surface area (Å²) in [5.41, 5.74) is 25.9. The molecule has 0 radical (unpaired) electrons. The fourth-order valence-corrected chi connectivity index (χ4v) is 17.7. The smallest absolute Gasteiger partial charge is 0.136 e. The van der Waals surface area contributed by atoms with E-state index in [4.69, 9.17) is 4.42 Å². The number of hydrogen-bond acceptors (Lipinski definition) is 2. The molecule has 6 heteroatoms. The number of hydrogen-bond donors (Lipinski definition) is 0. The van der Waals surface area contributed by atoms with Crippen LogP contribution in [0.4, 0.5) is 0 Å². The quantitative estimate of drug-likeness (QED) is 0.149. The topological polar surface area (TPSA) is 32.9 Å². The molecule has 0 unspecified atom stereocenters. The molecule has 0 aliphatic rings. The van der Waals surface area contributed by atoms with Crippen LogP contribution in [0.2, 0.25) is 0 Å². The normalized spacial score (nSPS) is 11.9. The van der Waals surface area contributed by atoms with Crippen LogP contribution in [0.1, 0.15) is 0 Å². The van der Waals surface area contributed by atoms with Crippen LogP contribution < -0.4 is 0 Å². The zero-order valence-corrected chi connectivity index (χ0v) is 56.1. The maximum Gasteiger partial charge on any atom is 0.136 e. The lowest BCUT2D eigenvalue weighted by Crippen LogP contribution is -1.94. The van der Waals surface area contributed by atoms with E-state index in [1.54, 1.807) is 0 Å². The number of fused-ring (bicyclic) bond motifs is 18. The van der Waals surface area contributed by atoms with Crippen LogP contribution in [-0.2, 0) is 0 Å². The minimum Gasteiger partial charge on any atom is -0.456 e. The molecule has 476 valence electrons. The minimum absolute atomic E-state index is 0.914. The molecule has 5 nitrogen and oxygen atoms in total. The van der Waals surface area contributed by atoms with Crippen molar-refractivity contribution in [3.8, 4) is 67.3 Å². The lowest BCUT2D eigenvalue weighted by molar-refractivity contribution is 0.669. The summed E-state index contributed by atoms with van der Waals surface area (Å²) < 4.78 is 18.4. The van der Waals surface area contributed by atoms with Gasteiger partial charge in [-0.25, -0.2) is 0 Å². The van der Waals surface area contributed by atoms with Crippen LogP contribution in [0, 0.1) is 0 Å². The molecule has 0 N–H and O–H groups in total. The van der Waals surface area contributed by atoms with Gasteiger partial charge in [0.25, 0.3) is 0 Å². The van der Waals surface area contributed by atoms with Gasteiger partial charge in [0.1, 0.15) is 11.2 Å². The number of rotatable bonds is 8. The van der Waals surface area contributed by atoms with Gasteiger partial charge in [0.15, 0.2) is 0 Å². The third-order valence-electron chi connectivity index (χ3n) is 21.1. The highest BCUT2D eigenvalue weighted by Gasteiger charge is 2.21. The molecular formula is C96H60N4OS. The van der Waals surface area contributed by atoms with E-state index in [1.807, 2.05) is 23.5 Å². The van der Waals surface area contributed by atoms with Gasteiger partial charge >= 0.3 is 0 Å². The lowest BCUT2D eigenvalue weighted by Gasteiger charge is -2.11. The Bertz CT molecular complexity index is 7100. The van der Waals surface area contributed by atoms with Crippen molar-refractivity contribution in [1.29, 1.82) is 0 Å². The molecule has 102 heavy (non-hydrogen) atoms. The SMILES string of the molecule is c1ccc(-n2c3ccccc3c3cc(-c4ccc5c(c4)c4ccccc4n5-c4ccc(-c5cccc6c5sc5ccccc56)cc4)ccc32)cc1.c1ccc(-n2c3ccccc3c3cc(-c4ccc5c(c4)c4ccccc4n5-c4ccc(-c5cccc6oc7ccccc7c56)cc4)ccc32)cc1. The molecule has 0 amide bonds. The Labute approximate surface area is 590 Å². The molecule has 22 aromatic rings. The third kappa shape index (κ3) is 9.10. The number of para-hydroxylation sites is 7. The molecule has 0 aliphatic heterocycles. The largest absolute Gasteiger partial charge is 0.456 e. The zero-order valence-electron chi connectivity index (χ0n) is 55.2. The van der Waals surface area contributed by atoms with E-state index < -0.39 is 0 Å². The van der Waals surface area contributed by atoms with Gasteiger partial charge in [-0.2, -0.15) is 0 Å². The number of furan rings is 1. The van der Waals surface area contributed by atoms with Gasteiger partial charge < -0.3 is 22.7 Å². The van der Waals surface area contributed by atoms with Crippen molar-refractivity contribution >= 4 is 141 Å². The highest BCUT2D eigenvalue weighted by molar-refractivity contribution is 7.26. The van der Waals surface area contributed by atoms with Crippen molar-refractivity contribution in [1.82, 2.24) is 18.3 Å². The first-order chi connectivity index (χ1) is 50.6. The standard InChI is InChI=1S/C48H30N2O.C48H30N2S/c1-2-11-34(12-3-1)49-42-17-7-4-13-37(42)40-29-32(23-27-44(40)49)33-24-28-45-41(30-33)38-14-5-8-18-43(38)50(45)35-25-21-31(22-26-35)36-16-10-20-47-48(36)39-15-6-9-19-46(39)51-47;1-2-11-34(12-3-1)49-43-18-7-4-13-37(43)41-29-32(23-27-45(41)49)33-24-28-46-42(30-33)38-14-5-8-19-44(38)50(46)35-25-21-31(22-26-35)36-16-10-17-40-39-15-6-9-20-47(39)51-48(36)40/h2*1-30H. The molecule has 0 atom stereocenters. The van der Waals surface area contributed by atoms with E-state index >= 15 is 0 Å². The predicted octanol–water partition coefficient (Wildman–Crippen LogP) is 26.7. The Morgan fingerprint density at radius 3 is 0.961 bits per heavy atom. The van der Waals surface area contributed by atoms with Gasteiger partial charge in [-0.15, -0.1) is 11.3 Å². The van der Waals surface area contributed by atoms with Crippen LogP contribution >= 0.6 is 11.3 Å². The van der Waals surface area contributed by atoms with Crippen molar-refractivity contribution in [3.63, 3.8) is 0 Å². The summed E-state index contributed by atoms with van der Waals surface area (Å²) >= 11 is 1.88. The van der Waals surface area contributed by atoms with Crippen LogP contribution in [-0.4, -0.2) is 18.3 Å². The first kappa shape index (κ1) is 57.8. The van der Waals surface area contributed by atoms with E-state index in [2.05, 4.69) is 370 Å². The Morgan fingerprint density at radius 2 is 0.510 bits per heavy atom. The van der Waals surface area contributed by atoms with Crippen molar-refractivity contribution in [2.24, 2.45) is 0 Å². The van der Waals surface area contributed by atoms with Gasteiger partial charge in [-0.1, -0.05) is 224 Å². The first-order valence-electron chi connectivity index (χ1n) is 34.9. The van der Waals surface area contributed by atoms with Crippen molar-refractivity contribution in [2.45, 2.75) is 0 Å². The molecule has 0 saturated carbocycles. The number of aromatic nitrogens is 4. The van der Waals surface area contributed by atoms with Crippen molar-refractivity contribution in [2.75, 3.05) is 0 Å². The second-order valence-electron chi connectivity index (χ2n) is 26.7. The first-order valence-corrected chi connectivity index (χ1v) is 35.7. The lowest BCUT2D eigenvalue weighted by atomic mass is 9.99. The van der Waals surface area contributed by atoms with E-state index in [-0.39, 0.29) is 0 Å². The number of nitrogens with zero attached hydrogens (tertiary/aromatic N) is 4. The maximum absolute atomic E-state index is 6.19. The monoisotopic (exact) mass is 1320 g/mol. The minimum atomic E-state index is 0.914. The average molecular weight is 1320 g/mol. The second-order valence-corrected chi connectivity index (χ2v) is 27.7. The predicted molar refractivity (Wildman–Crippen MR) is 432 cm³/mol. The van der Waals surface area contributed by atoms with Crippen LogP contribution in [0.25, 0.3) is 197 Å². The summed E-state index contributed by atoms with van der Waals surface area (Å²) in [6.07, 6.45) is 0. The fraction of sp³-hybridized carbons (Fsp3) is 0. The Morgan fingerprint density at radius 1 is 0.196 bits per heavy atom. The fourth-order valence-electron chi connectivity index (χ4n) is 16.4. The maximum atomic E-state index is 6.19. The van der Waals surface area contributed by atoms with Crippen LogP contribution in [0.3, 0.4) is 0 Å². The molecule has 22 rings (SSSR count). The van der Waals surface area contributed by atoms with Crippen LogP contribution in [0.5, 0.6) is 0 Å². The van der Waals surface area contributed by atoms with Gasteiger partial charge in [0.2, 0.25) is 0 Å². The van der Waals surface area contributed by atoms with E-state index in [0.29, 0.717) is 0 Å². The Balaban J connectivity index is 0.000000133. The number of benzene rings is 16. The number of thiophene rings is 1. The molecule has 0 fully saturated rings. The second kappa shape index (κ2) is 23.2. The van der Waals surface area contributed by atoms with Gasteiger partial charge in [-0.05, 0) is 184 Å². The summed E-state index contributed by atoms with van der Waals surface area (Å²) in [6.45, 7) is 0. The summed E-state index contributed by atoms with van der Waals surface area (Å²) in [5.74, 6) is 0. The van der Waals surface area contributed by atoms with E-state index in [9.17, 15) is 0 Å². The summed E-state index contributed by atoms with van der Waals surface area (Å²) in [6, 6.07) is 132. The van der Waals surface area contributed by atoms with E-state index in [0.717, 1.165) is 33.3 Å². The summed E-state index contributed by atoms with van der Waals surface area (Å²) in [5, 5.41) is 15.0. The average Bonchev–Trinajstić information content (AvgIpc) is 1.59. The molecule has 0 bridgehead atoms. The van der Waals surface area contributed by atoms with Crippen LogP contribution in [0.15, 0.2) is 368 Å². The van der Waals surface area contributed by atoms with Gasteiger partial charge in [0.05, 0.1) is 44.1 Å². The van der Waals surface area contributed by atoms with Gasteiger partial charge in [-0.3, -0.25) is 0 Å². The van der Waals surface area contributed by atoms with E-state index in [1.165, 1.54) is 163 Å².